The Morgan fingerprint density at radius 1 is 1.19 bits per heavy atom. The van der Waals surface area contributed by atoms with E-state index in [4.69, 9.17) is 14.2 Å². The molecular formula is C18H21NO6S. The number of benzene rings is 2. The van der Waals surface area contributed by atoms with Gasteiger partial charge in [-0.2, -0.15) is 0 Å². The number of aliphatic hydroxyl groups is 1. The first-order valence-electron chi connectivity index (χ1n) is 8.12. The van der Waals surface area contributed by atoms with Crippen molar-refractivity contribution in [3.05, 3.63) is 47.5 Å². The normalized spacial score (nSPS) is 14.3. The molecule has 0 bridgehead atoms. The quantitative estimate of drug-likeness (QED) is 0.765. The topological polar surface area (TPSA) is 94.1 Å². The molecule has 0 radical (unpaired) electrons. The minimum atomic E-state index is -3.66. The number of ether oxygens (including phenoxy) is 3. The summed E-state index contributed by atoms with van der Waals surface area (Å²) in [5.74, 6) is 1.81. The number of nitrogens with one attached hydrogen (secondary N) is 1. The SMILES string of the molecule is COc1ccc(S(=O)(=O)NCCC(O)c2ccc3c(c2)OCO3)c(C)c1. The first kappa shape index (κ1) is 18.5. The summed E-state index contributed by atoms with van der Waals surface area (Å²) >= 11 is 0. The number of rotatable bonds is 7. The largest absolute Gasteiger partial charge is 0.497 e. The number of fused-ring (bicyclic) bond motifs is 1. The Bertz CT molecular complexity index is 897. The van der Waals surface area contributed by atoms with Crippen molar-refractivity contribution in [2.45, 2.75) is 24.3 Å². The monoisotopic (exact) mass is 379 g/mol. The average molecular weight is 379 g/mol. The lowest BCUT2D eigenvalue weighted by atomic mass is 10.1. The zero-order chi connectivity index (χ0) is 18.7. The summed E-state index contributed by atoms with van der Waals surface area (Å²) in [7, 11) is -2.14. The summed E-state index contributed by atoms with van der Waals surface area (Å²) in [5, 5.41) is 10.3. The van der Waals surface area contributed by atoms with E-state index in [1.165, 1.54) is 13.2 Å². The van der Waals surface area contributed by atoms with Crippen LogP contribution in [-0.4, -0.2) is 34.0 Å². The van der Waals surface area contributed by atoms with Crippen LogP contribution < -0.4 is 18.9 Å². The maximum Gasteiger partial charge on any atom is 0.240 e. The summed E-state index contributed by atoms with van der Waals surface area (Å²) in [6, 6.07) is 9.94. The Hall–Kier alpha value is -2.29. The van der Waals surface area contributed by atoms with E-state index >= 15 is 0 Å². The number of hydrogen-bond donors (Lipinski definition) is 2. The number of aliphatic hydroxyl groups excluding tert-OH is 1. The van der Waals surface area contributed by atoms with E-state index in [2.05, 4.69) is 4.72 Å². The van der Waals surface area contributed by atoms with Crippen LogP contribution >= 0.6 is 0 Å². The predicted molar refractivity (Wildman–Crippen MR) is 95.1 cm³/mol. The van der Waals surface area contributed by atoms with Crippen molar-refractivity contribution in [1.82, 2.24) is 4.72 Å². The third kappa shape index (κ3) is 3.92. The smallest absolute Gasteiger partial charge is 0.240 e. The van der Waals surface area contributed by atoms with E-state index in [-0.39, 0.29) is 24.7 Å². The highest BCUT2D eigenvalue weighted by Gasteiger charge is 2.19. The molecule has 7 nitrogen and oxygen atoms in total. The standard InChI is InChI=1S/C18H21NO6S/c1-12-9-14(23-2)4-6-18(12)26(21,22)19-8-7-15(20)13-3-5-16-17(10-13)25-11-24-16/h3-6,9-10,15,19-20H,7-8,11H2,1-2H3. The lowest BCUT2D eigenvalue weighted by Gasteiger charge is -2.14. The van der Waals surface area contributed by atoms with Gasteiger partial charge in [0.25, 0.3) is 0 Å². The number of aryl methyl sites for hydroxylation is 1. The minimum Gasteiger partial charge on any atom is -0.497 e. The van der Waals surface area contributed by atoms with Crippen molar-refractivity contribution < 1.29 is 27.7 Å². The van der Waals surface area contributed by atoms with Crippen molar-refractivity contribution >= 4 is 10.0 Å². The lowest BCUT2D eigenvalue weighted by Crippen LogP contribution is -2.26. The highest BCUT2D eigenvalue weighted by molar-refractivity contribution is 7.89. The maximum atomic E-state index is 12.5. The molecule has 26 heavy (non-hydrogen) atoms. The van der Waals surface area contributed by atoms with Crippen molar-refractivity contribution in [2.24, 2.45) is 0 Å². The molecule has 1 aliphatic rings. The van der Waals surface area contributed by atoms with Gasteiger partial charge in [0.15, 0.2) is 11.5 Å². The first-order chi connectivity index (χ1) is 12.4. The molecule has 2 aromatic rings. The van der Waals surface area contributed by atoms with E-state index in [1.54, 1.807) is 37.3 Å². The zero-order valence-corrected chi connectivity index (χ0v) is 15.4. The van der Waals surface area contributed by atoms with Gasteiger partial charge in [-0.25, -0.2) is 13.1 Å². The lowest BCUT2D eigenvalue weighted by molar-refractivity contribution is 0.166. The molecule has 0 spiro atoms. The molecule has 1 aliphatic heterocycles. The van der Waals surface area contributed by atoms with E-state index in [0.717, 1.165) is 0 Å². The minimum absolute atomic E-state index is 0.101. The van der Waals surface area contributed by atoms with Gasteiger partial charge in [0.1, 0.15) is 5.75 Å². The molecule has 1 unspecified atom stereocenters. The molecule has 140 valence electrons. The fourth-order valence-electron chi connectivity index (χ4n) is 2.75. The molecule has 2 N–H and O–H groups in total. The van der Waals surface area contributed by atoms with E-state index in [9.17, 15) is 13.5 Å². The number of methoxy groups -OCH3 is 1. The fraction of sp³-hybridized carbons (Fsp3) is 0.333. The van der Waals surface area contributed by atoms with E-state index < -0.39 is 16.1 Å². The third-order valence-electron chi connectivity index (χ3n) is 4.16. The maximum absolute atomic E-state index is 12.5. The van der Waals surface area contributed by atoms with Crippen molar-refractivity contribution in [3.8, 4) is 17.2 Å². The van der Waals surface area contributed by atoms with Crippen molar-refractivity contribution in [2.75, 3.05) is 20.4 Å². The Morgan fingerprint density at radius 3 is 2.69 bits per heavy atom. The van der Waals surface area contributed by atoms with Gasteiger partial charge in [0.05, 0.1) is 18.1 Å². The van der Waals surface area contributed by atoms with Crippen molar-refractivity contribution in [1.29, 1.82) is 0 Å². The second-order valence-corrected chi connectivity index (χ2v) is 7.68. The zero-order valence-electron chi connectivity index (χ0n) is 14.6. The van der Waals surface area contributed by atoms with Crippen LogP contribution in [-0.2, 0) is 10.0 Å². The number of sulfonamides is 1. The third-order valence-corrected chi connectivity index (χ3v) is 5.78. The average Bonchev–Trinajstić information content (AvgIpc) is 3.08. The van der Waals surface area contributed by atoms with Gasteiger partial charge in [-0.15, -0.1) is 0 Å². The summed E-state index contributed by atoms with van der Waals surface area (Å²) < 4.78 is 43.0. The molecular weight excluding hydrogens is 358 g/mol. The van der Waals surface area contributed by atoms with Gasteiger partial charge in [0.2, 0.25) is 16.8 Å². The Kier molecular flexibility index (Phi) is 5.36. The summed E-state index contributed by atoms with van der Waals surface area (Å²) in [6.45, 7) is 1.97. The Labute approximate surface area is 152 Å². The molecule has 3 rings (SSSR count). The highest BCUT2D eigenvalue weighted by Crippen LogP contribution is 2.34. The second kappa shape index (κ2) is 7.53. The molecule has 2 aromatic carbocycles. The van der Waals surface area contributed by atoms with Crippen LogP contribution in [0.4, 0.5) is 0 Å². The van der Waals surface area contributed by atoms with E-state index in [1.807, 2.05) is 0 Å². The molecule has 0 fully saturated rings. The van der Waals surface area contributed by atoms with Gasteiger partial charge in [-0.1, -0.05) is 6.07 Å². The van der Waals surface area contributed by atoms with Crippen LogP contribution in [0.1, 0.15) is 23.7 Å². The fourth-order valence-corrected chi connectivity index (χ4v) is 4.02. The van der Waals surface area contributed by atoms with Crippen LogP contribution in [0.3, 0.4) is 0 Å². The van der Waals surface area contributed by atoms with Crippen LogP contribution in [0.15, 0.2) is 41.3 Å². The van der Waals surface area contributed by atoms with E-state index in [0.29, 0.717) is 28.4 Å². The van der Waals surface area contributed by atoms with Crippen molar-refractivity contribution in [3.63, 3.8) is 0 Å². The van der Waals surface area contributed by atoms with Crippen LogP contribution in [0.2, 0.25) is 0 Å². The highest BCUT2D eigenvalue weighted by atomic mass is 32.2. The van der Waals surface area contributed by atoms with Gasteiger partial charge in [-0.3, -0.25) is 0 Å². The van der Waals surface area contributed by atoms with Crippen LogP contribution in [0.5, 0.6) is 17.2 Å². The molecule has 0 amide bonds. The van der Waals surface area contributed by atoms with Gasteiger partial charge in [-0.05, 0) is 54.8 Å². The Morgan fingerprint density at radius 2 is 1.96 bits per heavy atom. The molecule has 1 atom stereocenters. The Balaban J connectivity index is 1.61. The summed E-state index contributed by atoms with van der Waals surface area (Å²) in [5.41, 5.74) is 1.24. The summed E-state index contributed by atoms with van der Waals surface area (Å²) in [4.78, 5) is 0.191. The van der Waals surface area contributed by atoms with Crippen LogP contribution in [0.25, 0.3) is 0 Å². The predicted octanol–water partition coefficient (Wildman–Crippen LogP) is 2.13. The molecule has 1 heterocycles. The molecule has 0 saturated heterocycles. The molecule has 0 aromatic heterocycles. The molecule has 0 saturated carbocycles. The van der Waals surface area contributed by atoms with Gasteiger partial charge >= 0.3 is 0 Å². The molecule has 8 heteroatoms. The second-order valence-electron chi connectivity index (χ2n) is 5.95. The van der Waals surface area contributed by atoms with Gasteiger partial charge in [0, 0.05) is 6.54 Å². The molecule has 0 aliphatic carbocycles. The summed E-state index contributed by atoms with van der Waals surface area (Å²) in [6.07, 6.45) is -0.585. The van der Waals surface area contributed by atoms with Crippen LogP contribution in [0, 0.1) is 6.92 Å². The number of hydrogen-bond acceptors (Lipinski definition) is 6. The first-order valence-corrected chi connectivity index (χ1v) is 9.61. The van der Waals surface area contributed by atoms with Gasteiger partial charge < -0.3 is 19.3 Å².